The SMILES string of the molecule is Cc1cc(/C=N\NC(=O)CN(c2ccc(Cl)cc2)S(=O)(=O)c2ccccc2)c(C)n1-c1ccccc1Br. The van der Waals surface area contributed by atoms with Crippen LogP contribution in [-0.2, 0) is 14.8 Å². The third kappa shape index (κ3) is 5.95. The zero-order chi connectivity index (χ0) is 26.6. The lowest BCUT2D eigenvalue weighted by Crippen LogP contribution is -2.39. The fraction of sp³-hybridized carbons (Fsp3) is 0.111. The summed E-state index contributed by atoms with van der Waals surface area (Å²) in [6, 6.07) is 24.0. The average molecular weight is 600 g/mol. The summed E-state index contributed by atoms with van der Waals surface area (Å²) < 4.78 is 30.8. The molecule has 0 bridgehead atoms. The molecule has 0 aliphatic heterocycles. The van der Waals surface area contributed by atoms with Crippen LogP contribution in [0.5, 0.6) is 0 Å². The van der Waals surface area contributed by atoms with E-state index in [0.29, 0.717) is 10.7 Å². The quantitative estimate of drug-likeness (QED) is 0.204. The standard InChI is InChI=1S/C27H24BrClN4O3S/c1-19-16-21(20(2)33(19)26-11-7-6-10-25(26)28)17-30-31-27(34)18-32(23-14-12-22(29)13-15-23)37(35,36)24-8-4-3-5-9-24/h3-17H,18H2,1-2H3,(H,31,34)/b30-17-. The number of amides is 1. The average Bonchev–Trinajstić information content (AvgIpc) is 3.16. The summed E-state index contributed by atoms with van der Waals surface area (Å²) in [5.41, 5.74) is 6.52. The van der Waals surface area contributed by atoms with Gasteiger partial charge in [0.1, 0.15) is 6.54 Å². The molecule has 0 atom stereocenters. The Morgan fingerprint density at radius 2 is 1.68 bits per heavy atom. The number of carbonyl (C=O) groups excluding carboxylic acids is 1. The Bertz CT molecular complexity index is 1550. The van der Waals surface area contributed by atoms with Gasteiger partial charge in [-0.3, -0.25) is 9.10 Å². The van der Waals surface area contributed by atoms with Crippen molar-refractivity contribution in [1.29, 1.82) is 0 Å². The van der Waals surface area contributed by atoms with Gasteiger partial charge in [-0.15, -0.1) is 0 Å². The normalized spacial score (nSPS) is 11.6. The lowest BCUT2D eigenvalue weighted by atomic mass is 10.2. The molecular formula is C27H24BrClN4O3S. The molecule has 0 unspecified atom stereocenters. The van der Waals surface area contributed by atoms with Crippen molar-refractivity contribution in [3.05, 3.63) is 111 Å². The van der Waals surface area contributed by atoms with Crippen LogP contribution in [0, 0.1) is 13.8 Å². The number of benzene rings is 3. The number of nitrogens with one attached hydrogen (secondary N) is 1. The van der Waals surface area contributed by atoms with Gasteiger partial charge in [-0.25, -0.2) is 13.8 Å². The van der Waals surface area contributed by atoms with E-state index in [-0.39, 0.29) is 4.90 Å². The smallest absolute Gasteiger partial charge is 0.264 e. The fourth-order valence-electron chi connectivity index (χ4n) is 3.90. The highest BCUT2D eigenvalue weighted by atomic mass is 79.9. The van der Waals surface area contributed by atoms with E-state index in [1.807, 2.05) is 44.2 Å². The van der Waals surface area contributed by atoms with E-state index < -0.39 is 22.5 Å². The predicted molar refractivity (Wildman–Crippen MR) is 151 cm³/mol. The number of anilines is 1. The summed E-state index contributed by atoms with van der Waals surface area (Å²) in [5, 5.41) is 4.55. The van der Waals surface area contributed by atoms with Crippen LogP contribution in [0.3, 0.4) is 0 Å². The summed E-state index contributed by atoms with van der Waals surface area (Å²) >= 11 is 9.57. The minimum absolute atomic E-state index is 0.0702. The molecular weight excluding hydrogens is 576 g/mol. The summed E-state index contributed by atoms with van der Waals surface area (Å²) in [6.07, 6.45) is 1.55. The number of aromatic nitrogens is 1. The van der Waals surface area contributed by atoms with E-state index >= 15 is 0 Å². The van der Waals surface area contributed by atoms with Crippen LogP contribution in [0.1, 0.15) is 17.0 Å². The molecule has 37 heavy (non-hydrogen) atoms. The monoisotopic (exact) mass is 598 g/mol. The van der Waals surface area contributed by atoms with Gasteiger partial charge in [0, 0.05) is 26.4 Å². The summed E-state index contributed by atoms with van der Waals surface area (Å²) in [4.78, 5) is 12.9. The Balaban J connectivity index is 1.55. The fourth-order valence-corrected chi connectivity index (χ4v) is 5.93. The number of nitrogens with zero attached hydrogens (tertiary/aromatic N) is 3. The molecule has 0 aliphatic rings. The van der Waals surface area contributed by atoms with Crippen molar-refractivity contribution >= 4 is 55.4 Å². The number of rotatable bonds is 8. The molecule has 4 aromatic rings. The van der Waals surface area contributed by atoms with Gasteiger partial charge in [-0.1, -0.05) is 41.9 Å². The summed E-state index contributed by atoms with van der Waals surface area (Å²) in [7, 11) is -4.01. The number of sulfonamides is 1. The van der Waals surface area contributed by atoms with Gasteiger partial charge < -0.3 is 4.57 Å². The minimum atomic E-state index is -4.01. The number of hydrazone groups is 1. The molecule has 3 aromatic carbocycles. The van der Waals surface area contributed by atoms with Crippen LogP contribution < -0.4 is 9.73 Å². The largest absolute Gasteiger partial charge is 0.317 e. The molecule has 0 fully saturated rings. The van der Waals surface area contributed by atoms with Gasteiger partial charge in [0.15, 0.2) is 0 Å². The first-order chi connectivity index (χ1) is 17.7. The van der Waals surface area contributed by atoms with E-state index in [1.165, 1.54) is 12.1 Å². The van der Waals surface area contributed by atoms with Gasteiger partial charge >= 0.3 is 0 Å². The molecule has 0 radical (unpaired) electrons. The second kappa shape index (κ2) is 11.3. The maximum absolute atomic E-state index is 13.4. The Kier molecular flexibility index (Phi) is 8.16. The maximum Gasteiger partial charge on any atom is 0.264 e. The van der Waals surface area contributed by atoms with Crippen molar-refractivity contribution < 1.29 is 13.2 Å². The van der Waals surface area contributed by atoms with Crippen molar-refractivity contribution in [3.8, 4) is 5.69 Å². The maximum atomic E-state index is 13.4. The molecule has 0 aliphatic carbocycles. The van der Waals surface area contributed by atoms with E-state index in [2.05, 4.69) is 31.0 Å². The van der Waals surface area contributed by atoms with E-state index in [4.69, 9.17) is 11.6 Å². The van der Waals surface area contributed by atoms with Crippen molar-refractivity contribution in [3.63, 3.8) is 0 Å². The van der Waals surface area contributed by atoms with Crippen molar-refractivity contribution in [1.82, 2.24) is 9.99 Å². The lowest BCUT2D eigenvalue weighted by Gasteiger charge is -2.23. The van der Waals surface area contributed by atoms with Gasteiger partial charge in [0.2, 0.25) is 0 Å². The highest BCUT2D eigenvalue weighted by Crippen LogP contribution is 2.27. The van der Waals surface area contributed by atoms with Crippen LogP contribution >= 0.6 is 27.5 Å². The zero-order valence-corrected chi connectivity index (χ0v) is 23.3. The van der Waals surface area contributed by atoms with Crippen LogP contribution in [0.15, 0.2) is 99.4 Å². The van der Waals surface area contributed by atoms with Crippen LogP contribution in [0.2, 0.25) is 5.02 Å². The van der Waals surface area contributed by atoms with E-state index in [1.54, 1.807) is 48.7 Å². The predicted octanol–water partition coefficient (Wildman–Crippen LogP) is 5.86. The molecule has 0 saturated heterocycles. The summed E-state index contributed by atoms with van der Waals surface area (Å²) in [5.74, 6) is -0.592. The molecule has 1 aromatic heterocycles. The second-order valence-electron chi connectivity index (χ2n) is 8.21. The Labute approximate surface area is 229 Å². The Morgan fingerprint density at radius 3 is 2.35 bits per heavy atom. The molecule has 190 valence electrons. The molecule has 7 nitrogen and oxygen atoms in total. The third-order valence-corrected chi connectivity index (χ3v) is 8.40. The molecule has 1 N–H and O–H groups in total. The number of para-hydroxylation sites is 1. The van der Waals surface area contributed by atoms with Crippen molar-refractivity contribution in [2.75, 3.05) is 10.8 Å². The number of aryl methyl sites for hydroxylation is 1. The molecule has 4 rings (SSSR count). The van der Waals surface area contributed by atoms with E-state index in [9.17, 15) is 13.2 Å². The highest BCUT2D eigenvalue weighted by molar-refractivity contribution is 9.10. The van der Waals surface area contributed by atoms with Crippen molar-refractivity contribution in [2.45, 2.75) is 18.7 Å². The molecule has 10 heteroatoms. The van der Waals surface area contributed by atoms with Gasteiger partial charge in [0.05, 0.1) is 22.5 Å². The first-order valence-electron chi connectivity index (χ1n) is 11.3. The minimum Gasteiger partial charge on any atom is -0.317 e. The number of hydrogen-bond acceptors (Lipinski definition) is 4. The van der Waals surface area contributed by atoms with E-state index in [0.717, 1.165) is 31.4 Å². The zero-order valence-electron chi connectivity index (χ0n) is 20.1. The first-order valence-corrected chi connectivity index (χ1v) is 13.9. The first kappa shape index (κ1) is 26.7. The summed E-state index contributed by atoms with van der Waals surface area (Å²) in [6.45, 7) is 3.48. The topological polar surface area (TPSA) is 83.8 Å². The van der Waals surface area contributed by atoms with Gasteiger partial charge in [-0.05, 0) is 84.4 Å². The third-order valence-electron chi connectivity index (χ3n) is 5.69. The van der Waals surface area contributed by atoms with Gasteiger partial charge in [-0.2, -0.15) is 5.10 Å². The van der Waals surface area contributed by atoms with Crippen LogP contribution in [-0.4, -0.2) is 31.7 Å². The number of carbonyl (C=O) groups is 1. The second-order valence-corrected chi connectivity index (χ2v) is 11.4. The van der Waals surface area contributed by atoms with Gasteiger partial charge in [0.25, 0.3) is 15.9 Å². The molecule has 1 heterocycles. The van der Waals surface area contributed by atoms with Crippen LogP contribution in [0.4, 0.5) is 5.69 Å². The molecule has 0 spiro atoms. The highest BCUT2D eigenvalue weighted by Gasteiger charge is 2.27. The van der Waals surface area contributed by atoms with Crippen molar-refractivity contribution in [2.24, 2.45) is 5.10 Å². The number of hydrogen-bond donors (Lipinski definition) is 1. The Morgan fingerprint density at radius 1 is 1.03 bits per heavy atom. The molecule has 0 saturated carbocycles. The van der Waals surface area contributed by atoms with Crippen LogP contribution in [0.25, 0.3) is 5.69 Å². The Hall–Kier alpha value is -3.40. The molecule has 1 amide bonds. The number of halogens is 2. The lowest BCUT2D eigenvalue weighted by molar-refractivity contribution is -0.119.